The molecule has 0 saturated carbocycles. The van der Waals surface area contributed by atoms with Crippen molar-refractivity contribution in [3.63, 3.8) is 0 Å². The predicted molar refractivity (Wildman–Crippen MR) is 177 cm³/mol. The summed E-state index contributed by atoms with van der Waals surface area (Å²) in [5.74, 6) is 2.57. The third kappa shape index (κ3) is 7.84. The van der Waals surface area contributed by atoms with Gasteiger partial charge in [-0.25, -0.2) is 0 Å². The molecular weight excluding hydrogens is 580 g/mol. The van der Waals surface area contributed by atoms with Gasteiger partial charge >= 0.3 is 0 Å². The van der Waals surface area contributed by atoms with Gasteiger partial charge in [0, 0.05) is 17.8 Å². The van der Waals surface area contributed by atoms with Crippen molar-refractivity contribution in [1.82, 2.24) is 0 Å². The molecule has 2 fully saturated rings. The van der Waals surface area contributed by atoms with Crippen molar-refractivity contribution in [3.05, 3.63) is 119 Å². The number of benzene rings is 4. The van der Waals surface area contributed by atoms with E-state index in [1.54, 1.807) is 0 Å². The summed E-state index contributed by atoms with van der Waals surface area (Å²) in [5, 5.41) is 10.5. The fraction of sp³-hybridized carbons (Fsp3) is 0.385. The second-order valence-corrected chi connectivity index (χ2v) is 13.4. The lowest BCUT2D eigenvalue weighted by Crippen LogP contribution is -2.25. The van der Waals surface area contributed by atoms with Crippen LogP contribution in [0.3, 0.4) is 0 Å². The van der Waals surface area contributed by atoms with E-state index in [1.807, 2.05) is 55.5 Å². The van der Waals surface area contributed by atoms with Gasteiger partial charge in [-0.1, -0.05) is 76.2 Å². The summed E-state index contributed by atoms with van der Waals surface area (Å²) in [6.07, 6.45) is -0.534. The molecule has 6 rings (SSSR count). The number of epoxide rings is 2. The number of hydrogen-bond acceptors (Lipinski definition) is 7. The third-order valence-electron chi connectivity index (χ3n) is 8.91. The van der Waals surface area contributed by atoms with Crippen LogP contribution in [-0.4, -0.2) is 56.1 Å². The van der Waals surface area contributed by atoms with Crippen molar-refractivity contribution in [2.75, 3.05) is 33.0 Å². The first-order valence-corrected chi connectivity index (χ1v) is 15.9. The average Bonchev–Trinajstić information content (AvgIpc) is 4.01. The van der Waals surface area contributed by atoms with Gasteiger partial charge < -0.3 is 33.5 Å². The molecule has 3 unspecified atom stereocenters. The van der Waals surface area contributed by atoms with Crippen molar-refractivity contribution in [2.24, 2.45) is 0 Å². The molecule has 1 N–H and O–H groups in total. The first-order valence-electron chi connectivity index (χ1n) is 15.9. The molecule has 7 nitrogen and oxygen atoms in total. The Morgan fingerprint density at radius 1 is 0.652 bits per heavy atom. The highest BCUT2D eigenvalue weighted by Gasteiger charge is 2.42. The van der Waals surface area contributed by atoms with E-state index in [4.69, 9.17) is 28.4 Å². The van der Waals surface area contributed by atoms with Gasteiger partial charge in [0.15, 0.2) is 0 Å². The van der Waals surface area contributed by atoms with Gasteiger partial charge in [0.2, 0.25) is 5.79 Å². The lowest BCUT2D eigenvalue weighted by molar-refractivity contribution is 0.0626. The fourth-order valence-electron chi connectivity index (χ4n) is 5.37. The van der Waals surface area contributed by atoms with Crippen molar-refractivity contribution in [2.45, 2.75) is 63.4 Å². The molecule has 0 bridgehead atoms. The molecule has 2 saturated heterocycles. The zero-order chi connectivity index (χ0) is 32.4. The van der Waals surface area contributed by atoms with E-state index in [-0.39, 0.29) is 30.1 Å². The van der Waals surface area contributed by atoms with E-state index >= 15 is 0 Å². The second kappa shape index (κ2) is 13.0. The van der Waals surface area contributed by atoms with Crippen LogP contribution in [0.25, 0.3) is 0 Å². The maximum atomic E-state index is 10.5. The summed E-state index contributed by atoms with van der Waals surface area (Å²) in [5.41, 5.74) is 4.29. The first-order chi connectivity index (χ1) is 22.0. The van der Waals surface area contributed by atoms with Crippen LogP contribution in [0.15, 0.2) is 97.1 Å². The van der Waals surface area contributed by atoms with Crippen LogP contribution < -0.4 is 18.9 Å². The van der Waals surface area contributed by atoms with Gasteiger partial charge in [-0.3, -0.25) is 0 Å². The Kier molecular flexibility index (Phi) is 9.01. The fourth-order valence-corrected chi connectivity index (χ4v) is 5.37. The first kappa shape index (κ1) is 31.9. The lowest BCUT2D eigenvalue weighted by Gasteiger charge is -2.27. The van der Waals surface area contributed by atoms with E-state index in [1.165, 1.54) is 16.7 Å². The normalized spacial score (nSPS) is 19.7. The molecule has 7 heteroatoms. The molecule has 2 aliphatic heterocycles. The monoisotopic (exact) mass is 624 g/mol. The van der Waals surface area contributed by atoms with Gasteiger partial charge in [0.05, 0.1) is 6.61 Å². The Labute approximate surface area is 272 Å². The maximum absolute atomic E-state index is 10.5. The molecule has 0 aromatic heterocycles. The number of rotatable bonds is 15. The summed E-state index contributed by atoms with van der Waals surface area (Å²) in [6.45, 7) is 13.0. The molecule has 2 aliphatic rings. The van der Waals surface area contributed by atoms with E-state index in [9.17, 15) is 5.11 Å². The van der Waals surface area contributed by atoms with Crippen molar-refractivity contribution >= 4 is 0 Å². The maximum Gasteiger partial charge on any atom is 0.231 e. The number of ether oxygens (including phenoxy) is 6. The van der Waals surface area contributed by atoms with Crippen LogP contribution in [0.5, 0.6) is 23.0 Å². The predicted octanol–water partition coefficient (Wildman–Crippen LogP) is 7.06. The molecule has 0 aliphatic carbocycles. The zero-order valence-electron chi connectivity index (χ0n) is 27.3. The standard InChI is InChI=1S/C39H44O7/c1-37(2,29-10-18-34(19-11-29)43-24-36-25-44-36)27-6-14-32(15-7-27)41-22-31(40)23-42-33-16-8-28(9-17-33)38(3,4)30-12-20-35(21-13-30)46-39(5)26-45-39/h6-21,31,36,40H,22-26H2,1-5H3. The van der Waals surface area contributed by atoms with E-state index in [0.717, 1.165) is 23.7 Å². The lowest BCUT2D eigenvalue weighted by atomic mass is 9.78. The van der Waals surface area contributed by atoms with E-state index in [2.05, 4.69) is 76.2 Å². The Morgan fingerprint density at radius 3 is 1.35 bits per heavy atom. The van der Waals surface area contributed by atoms with Gasteiger partial charge in [-0.2, -0.15) is 0 Å². The third-order valence-corrected chi connectivity index (χ3v) is 8.91. The minimum absolute atomic E-state index is 0.130. The average molecular weight is 625 g/mol. The Morgan fingerprint density at radius 2 is 1.00 bits per heavy atom. The molecule has 242 valence electrons. The molecule has 0 spiro atoms. The minimum atomic E-state index is -0.775. The molecular formula is C39H44O7. The second-order valence-electron chi connectivity index (χ2n) is 13.4. The highest BCUT2D eigenvalue weighted by atomic mass is 16.8. The van der Waals surface area contributed by atoms with Gasteiger partial charge in [0.1, 0.15) is 61.6 Å². The smallest absolute Gasteiger partial charge is 0.231 e. The van der Waals surface area contributed by atoms with Gasteiger partial charge in [-0.05, 0) is 70.8 Å². The quantitative estimate of drug-likeness (QED) is 0.142. The molecule has 4 aromatic carbocycles. The summed E-state index contributed by atoms with van der Waals surface area (Å²) in [4.78, 5) is 0. The molecule has 0 amide bonds. The molecule has 2 heterocycles. The van der Waals surface area contributed by atoms with Crippen LogP contribution in [0.2, 0.25) is 0 Å². The molecule has 46 heavy (non-hydrogen) atoms. The highest BCUT2D eigenvalue weighted by molar-refractivity contribution is 5.43. The number of aliphatic hydroxyl groups is 1. The van der Waals surface area contributed by atoms with Crippen LogP contribution in [0, 0.1) is 0 Å². The largest absolute Gasteiger partial charge is 0.491 e. The summed E-state index contributed by atoms with van der Waals surface area (Å²) >= 11 is 0. The van der Waals surface area contributed by atoms with Gasteiger partial charge in [-0.15, -0.1) is 0 Å². The summed E-state index contributed by atoms with van der Waals surface area (Å²) < 4.78 is 33.9. The Bertz CT molecular complexity index is 1570. The molecule has 3 atom stereocenters. The number of aliphatic hydroxyl groups excluding tert-OH is 1. The SMILES string of the molecule is CC1(Oc2ccc(C(C)(C)c3ccc(OCC(O)COc4ccc(C(C)(C)c5ccc(OCC6CO6)cc5)cc4)cc3)cc2)CO1. The minimum Gasteiger partial charge on any atom is -0.491 e. The highest BCUT2D eigenvalue weighted by Crippen LogP contribution is 2.36. The van der Waals surface area contributed by atoms with E-state index < -0.39 is 11.9 Å². The van der Waals surface area contributed by atoms with Crippen molar-refractivity contribution < 1.29 is 33.5 Å². The van der Waals surface area contributed by atoms with Crippen molar-refractivity contribution in [3.8, 4) is 23.0 Å². The summed E-state index contributed by atoms with van der Waals surface area (Å²) in [6, 6.07) is 32.5. The molecule has 4 aromatic rings. The van der Waals surface area contributed by atoms with Crippen molar-refractivity contribution in [1.29, 1.82) is 0 Å². The van der Waals surface area contributed by atoms with Gasteiger partial charge in [0.25, 0.3) is 0 Å². The van der Waals surface area contributed by atoms with Crippen LogP contribution in [-0.2, 0) is 20.3 Å². The molecule has 0 radical (unpaired) electrons. The summed E-state index contributed by atoms with van der Waals surface area (Å²) in [7, 11) is 0. The van der Waals surface area contributed by atoms with E-state index in [0.29, 0.717) is 24.7 Å². The Hall–Kier alpha value is -4.04. The topological polar surface area (TPSA) is 82.2 Å². The zero-order valence-corrected chi connectivity index (χ0v) is 27.3. The van der Waals surface area contributed by atoms with Crippen LogP contribution >= 0.6 is 0 Å². The van der Waals surface area contributed by atoms with Crippen LogP contribution in [0.1, 0.15) is 56.9 Å². The van der Waals surface area contributed by atoms with Crippen LogP contribution in [0.4, 0.5) is 0 Å². The number of hydrogen-bond donors (Lipinski definition) is 1. The Balaban J connectivity index is 0.959.